The molecule has 8 heteroatoms. The van der Waals surface area contributed by atoms with Gasteiger partial charge in [-0.1, -0.05) is 12.1 Å². The van der Waals surface area contributed by atoms with Gasteiger partial charge in [-0.05, 0) is 37.1 Å². The number of imidazole rings is 1. The van der Waals surface area contributed by atoms with Crippen LogP contribution in [0.1, 0.15) is 24.4 Å². The molecule has 152 valence electrons. The number of carbonyl (C=O) groups excluding carboxylic acids is 2. The summed E-state index contributed by atoms with van der Waals surface area (Å²) in [6.07, 6.45) is 3.44. The van der Waals surface area contributed by atoms with Gasteiger partial charge in [0, 0.05) is 19.6 Å². The lowest BCUT2D eigenvalue weighted by Gasteiger charge is -2.12. The van der Waals surface area contributed by atoms with Crippen LogP contribution in [-0.4, -0.2) is 40.6 Å². The van der Waals surface area contributed by atoms with Gasteiger partial charge in [0.25, 0.3) is 0 Å². The second-order valence-corrected chi connectivity index (χ2v) is 7.00. The summed E-state index contributed by atoms with van der Waals surface area (Å²) in [5.74, 6) is 1.24. The average molecular weight is 396 g/mol. The first-order valence-corrected chi connectivity index (χ1v) is 9.83. The van der Waals surface area contributed by atoms with E-state index in [1.54, 1.807) is 12.3 Å². The van der Waals surface area contributed by atoms with Crippen LogP contribution in [0.4, 0.5) is 0 Å². The molecule has 0 saturated carbocycles. The molecule has 1 fully saturated rings. The molecule has 3 heterocycles. The zero-order valence-corrected chi connectivity index (χ0v) is 16.1. The Morgan fingerprint density at radius 3 is 2.86 bits per heavy atom. The van der Waals surface area contributed by atoms with Gasteiger partial charge >= 0.3 is 0 Å². The van der Waals surface area contributed by atoms with Crippen LogP contribution in [-0.2, 0) is 33.8 Å². The van der Waals surface area contributed by atoms with Crippen molar-refractivity contribution in [1.29, 1.82) is 0 Å². The van der Waals surface area contributed by atoms with E-state index in [4.69, 9.17) is 9.15 Å². The first kappa shape index (κ1) is 19.2. The van der Waals surface area contributed by atoms with Crippen molar-refractivity contribution in [2.75, 3.05) is 13.2 Å². The molecule has 1 aliphatic rings. The number of nitrogens with zero attached hydrogens (tertiary/aromatic N) is 2. The van der Waals surface area contributed by atoms with E-state index in [1.165, 1.54) is 0 Å². The first-order chi connectivity index (χ1) is 14.2. The van der Waals surface area contributed by atoms with Crippen molar-refractivity contribution in [3.63, 3.8) is 0 Å². The monoisotopic (exact) mass is 396 g/mol. The summed E-state index contributed by atoms with van der Waals surface area (Å²) in [6.45, 7) is 1.57. The molecule has 0 bridgehead atoms. The van der Waals surface area contributed by atoms with Gasteiger partial charge in [0.1, 0.15) is 24.2 Å². The number of rotatable bonds is 8. The Morgan fingerprint density at radius 2 is 2.07 bits per heavy atom. The predicted molar refractivity (Wildman–Crippen MR) is 106 cm³/mol. The number of amides is 2. The van der Waals surface area contributed by atoms with Crippen LogP contribution in [0.25, 0.3) is 11.0 Å². The second-order valence-electron chi connectivity index (χ2n) is 7.00. The van der Waals surface area contributed by atoms with Crippen LogP contribution in [0.5, 0.6) is 0 Å². The average Bonchev–Trinajstić information content (AvgIpc) is 3.48. The molecule has 1 saturated heterocycles. The third kappa shape index (κ3) is 4.65. The van der Waals surface area contributed by atoms with Gasteiger partial charge in [0.2, 0.25) is 11.8 Å². The van der Waals surface area contributed by atoms with Crippen LogP contribution in [0.2, 0.25) is 0 Å². The van der Waals surface area contributed by atoms with Crippen LogP contribution in [0.15, 0.2) is 47.1 Å². The maximum atomic E-state index is 12.5. The molecule has 1 aliphatic heterocycles. The molecule has 8 nitrogen and oxygen atoms in total. The summed E-state index contributed by atoms with van der Waals surface area (Å²) in [7, 11) is 0. The molecular weight excluding hydrogens is 372 g/mol. The normalized spacial score (nSPS) is 16.2. The lowest BCUT2D eigenvalue weighted by atomic mass is 10.2. The molecular formula is C21H24N4O4. The summed E-state index contributed by atoms with van der Waals surface area (Å²) in [4.78, 5) is 29.3. The van der Waals surface area contributed by atoms with Gasteiger partial charge in [0.15, 0.2) is 0 Å². The van der Waals surface area contributed by atoms with Gasteiger partial charge in [-0.15, -0.1) is 0 Å². The van der Waals surface area contributed by atoms with Crippen molar-refractivity contribution >= 4 is 22.8 Å². The van der Waals surface area contributed by atoms with Gasteiger partial charge in [-0.3, -0.25) is 9.59 Å². The Kier molecular flexibility index (Phi) is 5.90. The summed E-state index contributed by atoms with van der Waals surface area (Å²) < 4.78 is 12.5. The number of hydrogen-bond acceptors (Lipinski definition) is 5. The SMILES string of the molecule is O=C(Cn1c(CCNC(=O)C2CCCO2)nc2ccccc21)NCc1ccco1. The number of hydrogen-bond donors (Lipinski definition) is 2. The molecule has 4 rings (SSSR count). The van der Waals surface area contributed by atoms with E-state index in [9.17, 15) is 9.59 Å². The minimum absolute atomic E-state index is 0.0821. The fraction of sp³-hybridized carbons (Fsp3) is 0.381. The number of nitrogens with one attached hydrogen (secondary N) is 2. The highest BCUT2D eigenvalue weighted by Gasteiger charge is 2.23. The minimum Gasteiger partial charge on any atom is -0.467 e. The minimum atomic E-state index is -0.346. The highest BCUT2D eigenvalue weighted by atomic mass is 16.5. The molecule has 2 N–H and O–H groups in total. The van der Waals surface area contributed by atoms with E-state index in [0.29, 0.717) is 31.9 Å². The summed E-state index contributed by atoms with van der Waals surface area (Å²) in [6, 6.07) is 11.3. The topological polar surface area (TPSA) is 98.4 Å². The van der Waals surface area contributed by atoms with Crippen LogP contribution >= 0.6 is 0 Å². The number of ether oxygens (including phenoxy) is 1. The zero-order chi connectivity index (χ0) is 20.1. The standard InChI is InChI=1S/C21H24N4O4/c26-20(23-13-15-5-3-11-28-15)14-25-17-7-2-1-6-16(17)24-19(25)9-10-22-21(27)18-8-4-12-29-18/h1-3,5-7,11,18H,4,8-10,12-14H2,(H,22,27)(H,23,26). The van der Waals surface area contributed by atoms with E-state index in [1.807, 2.05) is 34.9 Å². The number of para-hydroxylation sites is 2. The molecule has 29 heavy (non-hydrogen) atoms. The molecule has 0 radical (unpaired) electrons. The zero-order valence-electron chi connectivity index (χ0n) is 16.1. The molecule has 0 aliphatic carbocycles. The van der Waals surface area contributed by atoms with Crippen molar-refractivity contribution in [1.82, 2.24) is 20.2 Å². The lowest BCUT2D eigenvalue weighted by Crippen LogP contribution is -2.35. The van der Waals surface area contributed by atoms with Gasteiger partial charge < -0.3 is 24.4 Å². The molecule has 2 aromatic heterocycles. The summed E-state index contributed by atoms with van der Waals surface area (Å²) in [5.41, 5.74) is 1.72. The van der Waals surface area contributed by atoms with E-state index in [-0.39, 0.29) is 24.5 Å². The number of benzene rings is 1. The number of aromatic nitrogens is 2. The third-order valence-electron chi connectivity index (χ3n) is 4.95. The van der Waals surface area contributed by atoms with Crippen LogP contribution in [0.3, 0.4) is 0 Å². The summed E-state index contributed by atoms with van der Waals surface area (Å²) >= 11 is 0. The molecule has 0 spiro atoms. The number of furan rings is 1. The van der Waals surface area contributed by atoms with E-state index >= 15 is 0 Å². The van der Waals surface area contributed by atoms with Crippen molar-refractivity contribution in [2.45, 2.75) is 38.5 Å². The molecule has 1 atom stereocenters. The predicted octanol–water partition coefficient (Wildman–Crippen LogP) is 1.78. The summed E-state index contributed by atoms with van der Waals surface area (Å²) in [5, 5.41) is 5.77. The lowest BCUT2D eigenvalue weighted by molar-refractivity contribution is -0.130. The maximum Gasteiger partial charge on any atom is 0.249 e. The van der Waals surface area contributed by atoms with Gasteiger partial charge in [-0.2, -0.15) is 0 Å². The molecule has 3 aromatic rings. The van der Waals surface area contributed by atoms with Crippen LogP contribution < -0.4 is 10.6 Å². The Labute approximate surface area is 168 Å². The Hall–Kier alpha value is -3.13. The fourth-order valence-electron chi connectivity index (χ4n) is 3.49. The molecule has 1 aromatic carbocycles. The van der Waals surface area contributed by atoms with E-state index in [0.717, 1.165) is 29.7 Å². The van der Waals surface area contributed by atoms with E-state index in [2.05, 4.69) is 15.6 Å². The smallest absolute Gasteiger partial charge is 0.249 e. The quantitative estimate of drug-likeness (QED) is 0.605. The molecule has 1 unspecified atom stereocenters. The number of fused-ring (bicyclic) bond motifs is 1. The molecule has 2 amide bonds. The second kappa shape index (κ2) is 8.91. The van der Waals surface area contributed by atoms with Gasteiger partial charge in [-0.25, -0.2) is 4.98 Å². The number of carbonyl (C=O) groups is 2. The first-order valence-electron chi connectivity index (χ1n) is 9.83. The van der Waals surface area contributed by atoms with Crippen molar-refractivity contribution < 1.29 is 18.7 Å². The van der Waals surface area contributed by atoms with Crippen molar-refractivity contribution in [3.05, 3.63) is 54.2 Å². The highest BCUT2D eigenvalue weighted by molar-refractivity contribution is 5.82. The van der Waals surface area contributed by atoms with Crippen LogP contribution in [0, 0.1) is 0 Å². The van der Waals surface area contributed by atoms with E-state index < -0.39 is 0 Å². The highest BCUT2D eigenvalue weighted by Crippen LogP contribution is 2.17. The maximum absolute atomic E-state index is 12.5. The largest absolute Gasteiger partial charge is 0.467 e. The Balaban J connectivity index is 1.41. The van der Waals surface area contributed by atoms with Crippen molar-refractivity contribution in [2.24, 2.45) is 0 Å². The van der Waals surface area contributed by atoms with Gasteiger partial charge in [0.05, 0.1) is 23.8 Å². The third-order valence-corrected chi connectivity index (χ3v) is 4.95. The Morgan fingerprint density at radius 1 is 1.17 bits per heavy atom. The Bertz CT molecular complexity index is 974. The van der Waals surface area contributed by atoms with Crippen molar-refractivity contribution in [3.8, 4) is 0 Å². The fourth-order valence-corrected chi connectivity index (χ4v) is 3.49.